The molecular formula is C28H26FN3O3. The van der Waals surface area contributed by atoms with Crippen LogP contribution in [0.4, 0.5) is 4.39 Å². The Bertz CT molecular complexity index is 1330. The minimum atomic E-state index is -1.06. The van der Waals surface area contributed by atoms with Crippen LogP contribution in [0.15, 0.2) is 66.4 Å². The highest BCUT2D eigenvalue weighted by atomic mass is 19.1. The Labute approximate surface area is 202 Å². The van der Waals surface area contributed by atoms with E-state index in [-0.39, 0.29) is 23.8 Å². The van der Waals surface area contributed by atoms with Crippen LogP contribution in [-0.4, -0.2) is 43.7 Å². The largest absolute Gasteiger partial charge is 0.481 e. The standard InChI is InChI=1S/C28H26FN3O3/c29-21-7-10-23(11-8-21)32-25-14-20-6-9-24(16-28(20,27(34)35)15-19(25)17-30-32)31(22-12-13-22)26(33)18-4-2-1-3-5-18/h1-5,7-8,10-11,14,17,22,24H,6,9,12-13,15-16H2,(H,34,35)/t24?,28-/m0/s1. The molecule has 7 heteroatoms. The van der Waals surface area contributed by atoms with E-state index in [2.05, 4.69) is 5.10 Å². The zero-order chi connectivity index (χ0) is 24.2. The summed E-state index contributed by atoms with van der Waals surface area (Å²) in [6, 6.07) is 15.4. The molecule has 3 aliphatic carbocycles. The van der Waals surface area contributed by atoms with Gasteiger partial charge in [0.25, 0.3) is 5.91 Å². The Morgan fingerprint density at radius 3 is 2.46 bits per heavy atom. The first-order chi connectivity index (χ1) is 17.0. The first-order valence-corrected chi connectivity index (χ1v) is 12.1. The number of halogens is 1. The number of carbonyl (C=O) groups excluding carboxylic acids is 1. The van der Waals surface area contributed by atoms with E-state index < -0.39 is 11.4 Å². The van der Waals surface area contributed by atoms with Crippen LogP contribution in [0, 0.1) is 11.2 Å². The van der Waals surface area contributed by atoms with E-state index in [4.69, 9.17) is 0 Å². The summed E-state index contributed by atoms with van der Waals surface area (Å²) in [6.45, 7) is 0. The monoisotopic (exact) mass is 471 g/mol. The summed E-state index contributed by atoms with van der Waals surface area (Å²) < 4.78 is 15.2. The van der Waals surface area contributed by atoms with Crippen LogP contribution in [0.3, 0.4) is 0 Å². The van der Waals surface area contributed by atoms with Crippen molar-refractivity contribution in [3.05, 3.63) is 89.0 Å². The maximum Gasteiger partial charge on any atom is 0.314 e. The molecule has 2 fully saturated rings. The lowest BCUT2D eigenvalue weighted by atomic mass is 9.62. The minimum absolute atomic E-state index is 0.00769. The van der Waals surface area contributed by atoms with E-state index in [1.165, 1.54) is 12.1 Å². The number of hydrogen-bond acceptors (Lipinski definition) is 3. The van der Waals surface area contributed by atoms with E-state index in [1.54, 1.807) is 23.0 Å². The van der Waals surface area contributed by atoms with Crippen molar-refractivity contribution in [2.45, 2.75) is 50.6 Å². The second-order valence-electron chi connectivity index (χ2n) is 9.88. The molecule has 1 amide bonds. The van der Waals surface area contributed by atoms with Crippen molar-refractivity contribution in [3.63, 3.8) is 0 Å². The maximum atomic E-state index is 13.5. The van der Waals surface area contributed by atoms with Crippen LogP contribution >= 0.6 is 0 Å². The van der Waals surface area contributed by atoms with Gasteiger partial charge in [-0.1, -0.05) is 23.8 Å². The van der Waals surface area contributed by atoms with E-state index in [0.29, 0.717) is 24.8 Å². The van der Waals surface area contributed by atoms with Crippen LogP contribution in [0.5, 0.6) is 0 Å². The highest BCUT2D eigenvalue weighted by molar-refractivity contribution is 5.95. The van der Waals surface area contributed by atoms with Crippen LogP contribution in [0.2, 0.25) is 0 Å². The van der Waals surface area contributed by atoms with Gasteiger partial charge in [-0.2, -0.15) is 5.10 Å². The first kappa shape index (κ1) is 21.8. The van der Waals surface area contributed by atoms with Crippen LogP contribution < -0.4 is 0 Å². The molecule has 35 heavy (non-hydrogen) atoms. The summed E-state index contributed by atoms with van der Waals surface area (Å²) in [5.74, 6) is -1.18. The average molecular weight is 472 g/mol. The van der Waals surface area contributed by atoms with Crippen molar-refractivity contribution in [2.24, 2.45) is 5.41 Å². The zero-order valence-corrected chi connectivity index (χ0v) is 19.2. The number of carboxylic acids is 1. The van der Waals surface area contributed by atoms with E-state index in [0.717, 1.165) is 41.8 Å². The highest BCUT2D eigenvalue weighted by Crippen LogP contribution is 2.50. The Kier molecular flexibility index (Phi) is 5.09. The Balaban J connectivity index is 1.34. The van der Waals surface area contributed by atoms with E-state index in [9.17, 15) is 19.1 Å². The van der Waals surface area contributed by atoms with Gasteiger partial charge in [0.1, 0.15) is 5.82 Å². The summed E-state index contributed by atoms with van der Waals surface area (Å²) in [4.78, 5) is 28.2. The van der Waals surface area contributed by atoms with Crippen molar-refractivity contribution in [1.29, 1.82) is 0 Å². The van der Waals surface area contributed by atoms with Crippen molar-refractivity contribution in [3.8, 4) is 5.69 Å². The normalized spacial score (nSPS) is 23.1. The molecule has 2 aromatic carbocycles. The smallest absolute Gasteiger partial charge is 0.314 e. The average Bonchev–Trinajstić information content (AvgIpc) is 3.62. The number of amides is 1. The van der Waals surface area contributed by atoms with Crippen molar-refractivity contribution < 1.29 is 19.1 Å². The Hall–Kier alpha value is -3.74. The lowest BCUT2D eigenvalue weighted by Crippen LogP contribution is -2.51. The number of nitrogens with zero attached hydrogens (tertiary/aromatic N) is 3. The molecule has 1 N–H and O–H groups in total. The molecule has 6 rings (SSSR count). The fourth-order valence-electron chi connectivity index (χ4n) is 5.80. The molecule has 0 radical (unpaired) electrons. The maximum absolute atomic E-state index is 13.5. The number of aromatic nitrogens is 2. The predicted octanol–water partition coefficient (Wildman–Crippen LogP) is 4.88. The molecule has 0 aliphatic heterocycles. The molecular weight excluding hydrogens is 445 g/mol. The number of rotatable bonds is 5. The van der Waals surface area contributed by atoms with Gasteiger partial charge in [-0.15, -0.1) is 0 Å². The van der Waals surface area contributed by atoms with Crippen molar-refractivity contribution >= 4 is 18.0 Å². The van der Waals surface area contributed by atoms with Crippen LogP contribution in [-0.2, 0) is 11.2 Å². The van der Waals surface area contributed by atoms with Crippen LogP contribution in [0.25, 0.3) is 11.8 Å². The van der Waals surface area contributed by atoms with E-state index in [1.807, 2.05) is 41.3 Å². The van der Waals surface area contributed by atoms with Crippen LogP contribution in [0.1, 0.15) is 53.7 Å². The van der Waals surface area contributed by atoms with Gasteiger partial charge >= 0.3 is 5.97 Å². The third kappa shape index (κ3) is 3.66. The third-order valence-corrected chi connectivity index (χ3v) is 7.70. The van der Waals surface area contributed by atoms with Crippen molar-refractivity contribution in [2.75, 3.05) is 0 Å². The Morgan fingerprint density at radius 2 is 1.77 bits per heavy atom. The molecule has 0 spiro atoms. The first-order valence-electron chi connectivity index (χ1n) is 12.1. The van der Waals surface area contributed by atoms with Gasteiger partial charge in [-0.25, -0.2) is 9.07 Å². The van der Waals surface area contributed by atoms with Crippen molar-refractivity contribution in [1.82, 2.24) is 14.7 Å². The fraction of sp³-hybridized carbons (Fsp3) is 0.321. The topological polar surface area (TPSA) is 75.4 Å². The molecule has 2 saturated carbocycles. The van der Waals surface area contributed by atoms with Gasteiger partial charge in [0.2, 0.25) is 0 Å². The number of hydrogen-bond donors (Lipinski definition) is 1. The fourth-order valence-corrected chi connectivity index (χ4v) is 5.80. The molecule has 1 unspecified atom stereocenters. The highest BCUT2D eigenvalue weighted by Gasteiger charge is 2.52. The number of carbonyl (C=O) groups is 2. The summed E-state index contributed by atoms with van der Waals surface area (Å²) in [5, 5.41) is 15.0. The lowest BCUT2D eigenvalue weighted by Gasteiger charge is -2.45. The molecule has 1 aromatic heterocycles. The summed E-state index contributed by atoms with van der Waals surface area (Å²) in [7, 11) is 0. The molecule has 3 aliphatic rings. The van der Waals surface area contributed by atoms with E-state index >= 15 is 0 Å². The molecule has 0 saturated heterocycles. The van der Waals surface area contributed by atoms with Gasteiger partial charge in [-0.3, -0.25) is 9.59 Å². The second kappa shape index (κ2) is 8.18. The quantitative estimate of drug-likeness (QED) is 0.576. The predicted molar refractivity (Wildman–Crippen MR) is 129 cm³/mol. The summed E-state index contributed by atoms with van der Waals surface area (Å²) >= 11 is 0. The number of benzene rings is 2. The molecule has 178 valence electrons. The van der Waals surface area contributed by atoms with Gasteiger partial charge in [0.05, 0.1) is 23.0 Å². The second-order valence-corrected chi connectivity index (χ2v) is 9.88. The summed E-state index contributed by atoms with van der Waals surface area (Å²) in [6.07, 6.45) is 7.67. The SMILES string of the molecule is O=C(c1ccccc1)N(C1CC1)C1CCC2=Cc3c(cnn3-c3ccc(F)cc3)C[C@]2(C(=O)O)C1. The van der Waals surface area contributed by atoms with Gasteiger partial charge in [0, 0.05) is 17.6 Å². The van der Waals surface area contributed by atoms with Gasteiger partial charge in [-0.05, 0) is 86.6 Å². The van der Waals surface area contributed by atoms with Gasteiger partial charge in [0.15, 0.2) is 0 Å². The number of aliphatic carboxylic acids is 1. The third-order valence-electron chi connectivity index (χ3n) is 7.70. The summed E-state index contributed by atoms with van der Waals surface area (Å²) in [5.41, 5.74) is 2.90. The minimum Gasteiger partial charge on any atom is -0.481 e. The molecule has 0 bridgehead atoms. The number of fused-ring (bicyclic) bond motifs is 2. The number of carboxylic acid groups (broad SMARTS) is 1. The zero-order valence-electron chi connectivity index (χ0n) is 19.2. The molecule has 1 heterocycles. The Morgan fingerprint density at radius 1 is 1.03 bits per heavy atom. The lowest BCUT2D eigenvalue weighted by molar-refractivity contribution is -0.148. The van der Waals surface area contributed by atoms with Gasteiger partial charge < -0.3 is 10.0 Å². The molecule has 6 nitrogen and oxygen atoms in total. The molecule has 3 aromatic rings. The molecule has 2 atom stereocenters.